The standard InChI is InChI=1S/C18H22N2O4S/c1-3-7-24-17-10-19-15(9-16(17)21)11-25(23)12-18(22)20-14-6-4-5-13(2)8-14/h4-6,8-10H,3,7,11-12H2,1-2H3,(H,19,21)(H,20,22). The van der Waals surface area contributed by atoms with Crippen LogP contribution < -0.4 is 15.5 Å². The van der Waals surface area contributed by atoms with Gasteiger partial charge in [-0.2, -0.15) is 0 Å². The molecule has 0 aliphatic carbocycles. The van der Waals surface area contributed by atoms with E-state index in [2.05, 4.69) is 10.3 Å². The number of aromatic amines is 1. The van der Waals surface area contributed by atoms with Gasteiger partial charge in [-0.1, -0.05) is 19.1 Å². The molecule has 0 saturated heterocycles. The molecule has 6 nitrogen and oxygen atoms in total. The Labute approximate surface area is 149 Å². The van der Waals surface area contributed by atoms with Crippen LogP contribution in [0.2, 0.25) is 0 Å². The number of pyridine rings is 1. The van der Waals surface area contributed by atoms with Crippen molar-refractivity contribution in [2.45, 2.75) is 26.0 Å². The second-order valence-corrected chi connectivity index (χ2v) is 7.14. The summed E-state index contributed by atoms with van der Waals surface area (Å²) in [4.78, 5) is 26.8. The average Bonchev–Trinajstić information content (AvgIpc) is 2.53. The molecule has 1 amide bonds. The summed E-state index contributed by atoms with van der Waals surface area (Å²) in [7, 11) is -1.42. The molecule has 25 heavy (non-hydrogen) atoms. The maximum absolute atomic E-state index is 12.1. The molecule has 2 rings (SSSR count). The van der Waals surface area contributed by atoms with E-state index in [1.165, 1.54) is 12.3 Å². The highest BCUT2D eigenvalue weighted by Crippen LogP contribution is 2.10. The molecule has 2 N–H and O–H groups in total. The van der Waals surface area contributed by atoms with Gasteiger partial charge in [-0.25, -0.2) is 0 Å². The lowest BCUT2D eigenvalue weighted by Gasteiger charge is -2.07. The van der Waals surface area contributed by atoms with Crippen molar-refractivity contribution < 1.29 is 13.7 Å². The maximum Gasteiger partial charge on any atom is 0.237 e. The van der Waals surface area contributed by atoms with Crippen LogP contribution in [-0.4, -0.2) is 27.5 Å². The quantitative estimate of drug-likeness (QED) is 0.754. The molecule has 134 valence electrons. The lowest BCUT2D eigenvalue weighted by Crippen LogP contribution is -2.21. The van der Waals surface area contributed by atoms with Gasteiger partial charge >= 0.3 is 0 Å². The van der Waals surface area contributed by atoms with E-state index in [0.29, 0.717) is 18.0 Å². The Morgan fingerprint density at radius 1 is 1.32 bits per heavy atom. The number of anilines is 1. The van der Waals surface area contributed by atoms with E-state index in [1.54, 1.807) is 6.07 Å². The summed E-state index contributed by atoms with van der Waals surface area (Å²) in [5, 5.41) is 2.72. The maximum atomic E-state index is 12.1. The van der Waals surface area contributed by atoms with E-state index in [-0.39, 0.29) is 28.6 Å². The first-order valence-electron chi connectivity index (χ1n) is 8.04. The molecule has 1 unspecified atom stereocenters. The number of carbonyl (C=O) groups excluding carboxylic acids is 1. The average molecular weight is 362 g/mol. The van der Waals surface area contributed by atoms with Gasteiger partial charge in [0.1, 0.15) is 5.75 Å². The Balaban J connectivity index is 1.90. The predicted molar refractivity (Wildman–Crippen MR) is 99.4 cm³/mol. The van der Waals surface area contributed by atoms with E-state index in [1.807, 2.05) is 32.0 Å². The number of carbonyl (C=O) groups is 1. The smallest absolute Gasteiger partial charge is 0.237 e. The Morgan fingerprint density at radius 3 is 2.80 bits per heavy atom. The summed E-state index contributed by atoms with van der Waals surface area (Å²) in [6.45, 7) is 4.35. The molecule has 1 heterocycles. The molecule has 1 aromatic carbocycles. The van der Waals surface area contributed by atoms with E-state index >= 15 is 0 Å². The second kappa shape index (κ2) is 9.17. The molecule has 0 spiro atoms. The van der Waals surface area contributed by atoms with E-state index in [4.69, 9.17) is 4.74 Å². The normalized spacial score (nSPS) is 11.8. The summed E-state index contributed by atoms with van der Waals surface area (Å²) in [5.74, 6) is -0.114. The fourth-order valence-corrected chi connectivity index (χ4v) is 3.18. The highest BCUT2D eigenvalue weighted by molar-refractivity contribution is 7.84. The summed E-state index contributed by atoms with van der Waals surface area (Å²) < 4.78 is 17.4. The van der Waals surface area contributed by atoms with Gasteiger partial charge in [-0.15, -0.1) is 0 Å². The Kier molecular flexibility index (Phi) is 6.94. The number of aromatic nitrogens is 1. The highest BCUT2D eigenvalue weighted by atomic mass is 32.2. The molecule has 0 radical (unpaired) electrons. The third-order valence-corrected chi connectivity index (χ3v) is 4.53. The van der Waals surface area contributed by atoms with Crippen molar-refractivity contribution in [1.29, 1.82) is 0 Å². The number of ether oxygens (including phenoxy) is 1. The molecule has 0 saturated carbocycles. The van der Waals surface area contributed by atoms with Crippen LogP contribution in [0.3, 0.4) is 0 Å². The van der Waals surface area contributed by atoms with Crippen molar-refractivity contribution in [3.8, 4) is 5.75 Å². The second-order valence-electron chi connectivity index (χ2n) is 5.68. The minimum atomic E-state index is -1.42. The molecular weight excluding hydrogens is 340 g/mol. The van der Waals surface area contributed by atoms with Crippen molar-refractivity contribution in [2.24, 2.45) is 0 Å². The molecule has 0 fully saturated rings. The molecule has 7 heteroatoms. The number of aryl methyl sites for hydroxylation is 1. The summed E-state index contributed by atoms with van der Waals surface area (Å²) in [5.41, 5.74) is 1.95. The lowest BCUT2D eigenvalue weighted by molar-refractivity contribution is -0.113. The first kappa shape index (κ1) is 18.9. The highest BCUT2D eigenvalue weighted by Gasteiger charge is 2.11. The van der Waals surface area contributed by atoms with Crippen LogP contribution in [0.15, 0.2) is 41.3 Å². The van der Waals surface area contributed by atoms with Gasteiger partial charge < -0.3 is 15.0 Å². The fourth-order valence-electron chi connectivity index (χ4n) is 2.20. The largest absolute Gasteiger partial charge is 0.488 e. The molecule has 1 atom stereocenters. The van der Waals surface area contributed by atoms with Gasteiger partial charge in [0.25, 0.3) is 0 Å². The molecule has 0 bridgehead atoms. The molecular formula is C18H22N2O4S. The zero-order valence-electron chi connectivity index (χ0n) is 14.3. The summed E-state index contributed by atoms with van der Waals surface area (Å²) in [6, 6.07) is 8.75. The van der Waals surface area contributed by atoms with E-state index in [9.17, 15) is 13.8 Å². The Hall–Kier alpha value is -2.41. The summed E-state index contributed by atoms with van der Waals surface area (Å²) >= 11 is 0. The third-order valence-electron chi connectivity index (χ3n) is 3.31. The third kappa shape index (κ3) is 6.19. The van der Waals surface area contributed by atoms with E-state index < -0.39 is 10.8 Å². The van der Waals surface area contributed by atoms with Gasteiger partial charge in [0.05, 0.1) is 12.4 Å². The topological polar surface area (TPSA) is 88.3 Å². The lowest BCUT2D eigenvalue weighted by atomic mass is 10.2. The van der Waals surface area contributed by atoms with Gasteiger partial charge in [-0.05, 0) is 31.0 Å². The van der Waals surface area contributed by atoms with E-state index in [0.717, 1.165) is 12.0 Å². The number of hydrogen-bond donors (Lipinski definition) is 2. The number of nitrogens with one attached hydrogen (secondary N) is 2. The minimum Gasteiger partial charge on any atom is -0.488 e. The number of H-pyrrole nitrogens is 1. The van der Waals surface area contributed by atoms with Crippen LogP contribution in [0.5, 0.6) is 5.75 Å². The first-order valence-corrected chi connectivity index (χ1v) is 9.52. The minimum absolute atomic E-state index is 0.102. The van der Waals surface area contributed by atoms with Crippen molar-refractivity contribution >= 4 is 22.4 Å². The monoisotopic (exact) mass is 362 g/mol. The SMILES string of the molecule is CCCOc1c[nH]c(CS(=O)CC(=O)Nc2cccc(C)c2)cc1=O. The Bertz CT molecular complexity index is 817. The molecule has 0 aliphatic heterocycles. The van der Waals surface area contributed by atoms with Crippen LogP contribution in [0.1, 0.15) is 24.6 Å². The molecule has 1 aromatic heterocycles. The Morgan fingerprint density at radius 2 is 2.12 bits per heavy atom. The zero-order valence-corrected chi connectivity index (χ0v) is 15.2. The summed E-state index contributed by atoms with van der Waals surface area (Å²) in [6.07, 6.45) is 2.28. The zero-order chi connectivity index (χ0) is 18.2. The first-order chi connectivity index (χ1) is 12.0. The number of benzene rings is 1. The number of rotatable bonds is 8. The van der Waals surface area contributed by atoms with Crippen LogP contribution >= 0.6 is 0 Å². The van der Waals surface area contributed by atoms with Crippen molar-refractivity contribution in [3.63, 3.8) is 0 Å². The van der Waals surface area contributed by atoms with Crippen molar-refractivity contribution in [3.05, 3.63) is 58.0 Å². The van der Waals surface area contributed by atoms with Crippen LogP contribution in [0.25, 0.3) is 0 Å². The van der Waals surface area contributed by atoms with Gasteiger partial charge in [0.2, 0.25) is 11.3 Å². The van der Waals surface area contributed by atoms with Crippen LogP contribution in [0.4, 0.5) is 5.69 Å². The molecule has 0 aliphatic rings. The number of hydrogen-bond acceptors (Lipinski definition) is 4. The van der Waals surface area contributed by atoms with Gasteiger partial charge in [-0.3, -0.25) is 13.8 Å². The predicted octanol–water partition coefficient (Wildman–Crippen LogP) is 2.36. The van der Waals surface area contributed by atoms with Crippen LogP contribution in [-0.2, 0) is 21.3 Å². The van der Waals surface area contributed by atoms with Crippen molar-refractivity contribution in [1.82, 2.24) is 4.98 Å². The van der Waals surface area contributed by atoms with Crippen molar-refractivity contribution in [2.75, 3.05) is 17.7 Å². The molecule has 2 aromatic rings. The van der Waals surface area contributed by atoms with Crippen LogP contribution in [0, 0.1) is 6.92 Å². The van der Waals surface area contributed by atoms with Gasteiger partial charge in [0, 0.05) is 34.4 Å². The van der Waals surface area contributed by atoms with Gasteiger partial charge in [0.15, 0.2) is 5.75 Å². The number of amides is 1. The fraction of sp³-hybridized carbons (Fsp3) is 0.333.